The van der Waals surface area contributed by atoms with Crippen LogP contribution in [0.5, 0.6) is 11.5 Å². The average molecular weight is 386 g/mol. The first kappa shape index (κ1) is 20.4. The van der Waals surface area contributed by atoms with Gasteiger partial charge in [0.2, 0.25) is 0 Å². The van der Waals surface area contributed by atoms with Crippen LogP contribution >= 0.6 is 16.3 Å². The molecule has 0 saturated carbocycles. The zero-order valence-corrected chi connectivity index (χ0v) is 17.3. The highest BCUT2D eigenvalue weighted by Gasteiger charge is 2.00. The van der Waals surface area contributed by atoms with Crippen molar-refractivity contribution in [3.63, 3.8) is 0 Å². The molecule has 2 aromatic rings. The van der Waals surface area contributed by atoms with Gasteiger partial charge in [0, 0.05) is 0 Å². The topological polar surface area (TPSA) is 35.5 Å². The molecular formula is C21H24O3P2. The SMILES string of the molecule is CP(C)Oc1cccc(/C=C/C(=O)/C=C/c2cccc(OP(C)C)c2)c1. The number of carbonyl (C=O) groups is 1. The second-order valence-corrected chi connectivity index (χ2v) is 9.64. The van der Waals surface area contributed by atoms with E-state index in [1.54, 1.807) is 24.3 Å². The molecule has 0 aromatic heterocycles. The molecule has 26 heavy (non-hydrogen) atoms. The highest BCUT2D eigenvalue weighted by Crippen LogP contribution is 2.31. The van der Waals surface area contributed by atoms with Crippen LogP contribution in [0.25, 0.3) is 12.2 Å². The minimum atomic E-state index is -0.462. The highest BCUT2D eigenvalue weighted by molar-refractivity contribution is 7.51. The minimum Gasteiger partial charge on any atom is -0.475 e. The fourth-order valence-corrected chi connectivity index (χ4v) is 3.25. The quantitative estimate of drug-likeness (QED) is 0.409. The van der Waals surface area contributed by atoms with Crippen LogP contribution in [-0.4, -0.2) is 32.4 Å². The summed E-state index contributed by atoms with van der Waals surface area (Å²) in [5.41, 5.74) is 1.88. The van der Waals surface area contributed by atoms with Crippen LogP contribution in [-0.2, 0) is 4.79 Å². The first-order chi connectivity index (χ1) is 12.4. The van der Waals surface area contributed by atoms with Crippen LogP contribution in [0.4, 0.5) is 0 Å². The van der Waals surface area contributed by atoms with Crippen molar-refractivity contribution in [3.8, 4) is 11.5 Å². The van der Waals surface area contributed by atoms with Gasteiger partial charge in [-0.3, -0.25) is 4.79 Å². The Hall–Kier alpha value is -1.95. The molecule has 2 rings (SSSR count). The summed E-state index contributed by atoms with van der Waals surface area (Å²) in [5, 5.41) is 0. The maximum atomic E-state index is 12.1. The largest absolute Gasteiger partial charge is 0.475 e. The van der Waals surface area contributed by atoms with Crippen LogP contribution in [0.3, 0.4) is 0 Å². The average Bonchev–Trinajstić information content (AvgIpc) is 2.58. The van der Waals surface area contributed by atoms with Crippen molar-refractivity contribution < 1.29 is 13.8 Å². The van der Waals surface area contributed by atoms with Gasteiger partial charge < -0.3 is 9.05 Å². The smallest absolute Gasteiger partial charge is 0.178 e. The van der Waals surface area contributed by atoms with Crippen LogP contribution in [0.1, 0.15) is 11.1 Å². The van der Waals surface area contributed by atoms with Gasteiger partial charge in [-0.1, -0.05) is 36.4 Å². The molecule has 0 saturated heterocycles. The number of hydrogen-bond donors (Lipinski definition) is 0. The predicted octanol–water partition coefficient (Wildman–Crippen LogP) is 6.05. The fourth-order valence-electron chi connectivity index (χ4n) is 2.18. The van der Waals surface area contributed by atoms with E-state index in [4.69, 9.17) is 9.05 Å². The summed E-state index contributed by atoms with van der Waals surface area (Å²) in [7, 11) is -0.924. The van der Waals surface area contributed by atoms with Gasteiger partial charge >= 0.3 is 0 Å². The number of allylic oxidation sites excluding steroid dienone is 2. The fraction of sp³-hybridized carbons (Fsp3) is 0.190. The molecule has 0 N–H and O–H groups in total. The minimum absolute atomic E-state index is 0.0656. The molecule has 0 aliphatic carbocycles. The van der Waals surface area contributed by atoms with Crippen molar-refractivity contribution in [2.45, 2.75) is 0 Å². The van der Waals surface area contributed by atoms with Gasteiger partial charge in [-0.2, -0.15) is 0 Å². The summed E-state index contributed by atoms with van der Waals surface area (Å²) in [5.74, 6) is 1.59. The Balaban J connectivity index is 2.00. The molecule has 0 amide bonds. The zero-order chi connectivity index (χ0) is 18.9. The van der Waals surface area contributed by atoms with E-state index in [0.29, 0.717) is 0 Å². The summed E-state index contributed by atoms with van der Waals surface area (Å²) in [4.78, 5) is 12.1. The first-order valence-electron chi connectivity index (χ1n) is 8.23. The first-order valence-corrected chi connectivity index (χ1v) is 12.5. The third-order valence-corrected chi connectivity index (χ3v) is 4.32. The molecule has 0 aliphatic rings. The van der Waals surface area contributed by atoms with E-state index < -0.39 is 16.3 Å². The molecule has 0 spiro atoms. The zero-order valence-electron chi connectivity index (χ0n) is 15.5. The summed E-state index contributed by atoms with van der Waals surface area (Å²) in [6.07, 6.45) is 6.73. The van der Waals surface area contributed by atoms with E-state index >= 15 is 0 Å². The van der Waals surface area contributed by atoms with E-state index in [-0.39, 0.29) is 5.78 Å². The summed E-state index contributed by atoms with van der Waals surface area (Å²) in [6.45, 7) is 8.20. The molecule has 0 fully saturated rings. The third kappa shape index (κ3) is 7.52. The molecular weight excluding hydrogens is 362 g/mol. The number of hydrogen-bond acceptors (Lipinski definition) is 3. The number of rotatable bonds is 8. The Morgan fingerprint density at radius 2 is 1.19 bits per heavy atom. The molecule has 136 valence electrons. The second-order valence-electron chi connectivity index (χ2n) is 6.02. The Morgan fingerprint density at radius 3 is 1.58 bits per heavy atom. The molecule has 0 aliphatic heterocycles. The number of benzene rings is 2. The molecule has 3 nitrogen and oxygen atoms in total. The van der Waals surface area contributed by atoms with Gasteiger partial charge in [-0.15, -0.1) is 0 Å². The number of ketones is 1. The second kappa shape index (κ2) is 10.3. The lowest BCUT2D eigenvalue weighted by Crippen LogP contribution is -1.87. The lowest BCUT2D eigenvalue weighted by atomic mass is 10.1. The van der Waals surface area contributed by atoms with E-state index in [1.807, 2.05) is 75.2 Å². The highest BCUT2D eigenvalue weighted by atomic mass is 31.1. The van der Waals surface area contributed by atoms with Crippen LogP contribution in [0.2, 0.25) is 0 Å². The molecule has 0 bridgehead atoms. The van der Waals surface area contributed by atoms with Crippen molar-refractivity contribution in [1.82, 2.24) is 0 Å². The lowest BCUT2D eigenvalue weighted by molar-refractivity contribution is -0.110. The van der Waals surface area contributed by atoms with Gasteiger partial charge in [0.1, 0.15) is 11.5 Å². The number of carbonyl (C=O) groups excluding carboxylic acids is 1. The monoisotopic (exact) mass is 386 g/mol. The van der Waals surface area contributed by atoms with Crippen molar-refractivity contribution in [2.75, 3.05) is 26.7 Å². The Kier molecular flexibility index (Phi) is 8.04. The van der Waals surface area contributed by atoms with E-state index in [0.717, 1.165) is 22.6 Å². The van der Waals surface area contributed by atoms with Gasteiger partial charge in [-0.25, -0.2) is 0 Å². The molecule has 0 radical (unpaired) electrons. The third-order valence-electron chi connectivity index (χ3n) is 3.17. The molecule has 0 unspecified atom stereocenters. The van der Waals surface area contributed by atoms with Crippen LogP contribution < -0.4 is 9.05 Å². The van der Waals surface area contributed by atoms with Crippen molar-refractivity contribution in [1.29, 1.82) is 0 Å². The van der Waals surface area contributed by atoms with Crippen LogP contribution in [0.15, 0.2) is 60.7 Å². The normalized spacial score (nSPS) is 11.6. The van der Waals surface area contributed by atoms with Crippen molar-refractivity contribution in [3.05, 3.63) is 71.8 Å². The van der Waals surface area contributed by atoms with E-state index in [2.05, 4.69) is 0 Å². The maximum Gasteiger partial charge on any atom is 0.178 e. The van der Waals surface area contributed by atoms with Crippen molar-refractivity contribution >= 4 is 34.2 Å². The van der Waals surface area contributed by atoms with Gasteiger partial charge in [0.05, 0.1) is 16.3 Å². The lowest BCUT2D eigenvalue weighted by Gasteiger charge is -2.09. The maximum absolute atomic E-state index is 12.1. The Bertz CT molecular complexity index is 730. The van der Waals surface area contributed by atoms with Crippen LogP contribution in [0, 0.1) is 0 Å². The van der Waals surface area contributed by atoms with Crippen molar-refractivity contribution in [2.24, 2.45) is 0 Å². The van der Waals surface area contributed by atoms with Gasteiger partial charge in [0.15, 0.2) is 5.78 Å². The standard InChI is InChI=1S/C21H24O3P2/c1-25(2)23-20-9-5-7-17(15-20)11-13-19(22)14-12-18-8-6-10-21(16-18)24-26(3)4/h5-16H,1-4H3/b13-11+,14-12+. The van der Waals surface area contributed by atoms with E-state index in [1.165, 1.54) is 0 Å². The molecule has 0 heterocycles. The molecule has 2 aromatic carbocycles. The predicted molar refractivity (Wildman–Crippen MR) is 115 cm³/mol. The van der Waals surface area contributed by atoms with Gasteiger partial charge in [-0.05, 0) is 74.2 Å². The summed E-state index contributed by atoms with van der Waals surface area (Å²) in [6, 6.07) is 15.5. The Morgan fingerprint density at radius 1 is 0.769 bits per heavy atom. The van der Waals surface area contributed by atoms with Gasteiger partial charge in [0.25, 0.3) is 0 Å². The van der Waals surface area contributed by atoms with E-state index in [9.17, 15) is 4.79 Å². The molecule has 5 heteroatoms. The summed E-state index contributed by atoms with van der Waals surface area (Å²) >= 11 is 0. The Labute approximate surface area is 158 Å². The molecule has 0 atom stereocenters. The summed E-state index contributed by atoms with van der Waals surface area (Å²) < 4.78 is 11.5.